The Morgan fingerprint density at radius 3 is 2.38 bits per heavy atom. The van der Waals surface area contributed by atoms with Crippen molar-refractivity contribution in [3.8, 4) is 22.2 Å². The Hall–Kier alpha value is -6.96. The number of aryl methyl sites for hydroxylation is 3. The standard InChI is InChI=1S/C44H39N9O5S2/c1-6-28-13-17-34(41-39(28)32(20-45)23-47-41)52-60(56,57)33-15-7-27(8-16-33)21-48-43(55)35-18-14-31(22-46-35)29-9-11-30(12-10-29)40-38-24(2)25(3)59-44(38)53-26(4)50-51-42(53)36(49-40)19-37(54)58-5/h7-18,22-23,36,47,52H,6,19,21H2,1-5H3,(H,48,55)/t36-/m0/s1. The molecule has 0 saturated heterocycles. The molecule has 0 aliphatic carbocycles. The topological polar surface area (TPSA) is 197 Å². The maximum absolute atomic E-state index is 13.3. The number of hydrogen-bond donors (Lipinski definition) is 3. The second-order valence-electron chi connectivity index (χ2n) is 14.3. The number of H-pyrrole nitrogens is 1. The number of esters is 1. The molecular weight excluding hydrogens is 799 g/mol. The van der Waals surface area contributed by atoms with Crippen LogP contribution in [0.5, 0.6) is 0 Å². The van der Waals surface area contributed by atoms with Crippen molar-refractivity contribution in [2.45, 2.75) is 58.0 Å². The van der Waals surface area contributed by atoms with Crippen LogP contribution >= 0.6 is 11.3 Å². The van der Waals surface area contributed by atoms with Gasteiger partial charge in [0.05, 0.1) is 40.9 Å². The highest BCUT2D eigenvalue weighted by Gasteiger charge is 2.32. The number of rotatable bonds is 11. The lowest BCUT2D eigenvalue weighted by Crippen LogP contribution is -2.23. The number of anilines is 1. The number of methoxy groups -OCH3 is 1. The fourth-order valence-corrected chi connectivity index (χ4v) is 9.62. The molecule has 1 amide bonds. The molecule has 16 heteroatoms. The Kier molecular flexibility index (Phi) is 10.6. The highest BCUT2D eigenvalue weighted by atomic mass is 32.2. The number of benzene rings is 3. The van der Waals surface area contributed by atoms with Gasteiger partial charge >= 0.3 is 5.97 Å². The minimum Gasteiger partial charge on any atom is -0.469 e. The number of thiophene rings is 1. The van der Waals surface area contributed by atoms with E-state index in [0.29, 0.717) is 45.8 Å². The molecule has 1 aliphatic heterocycles. The summed E-state index contributed by atoms with van der Waals surface area (Å²) in [6, 6.07) is 22.7. The van der Waals surface area contributed by atoms with Crippen LogP contribution in [0.4, 0.5) is 5.69 Å². The minimum atomic E-state index is -3.96. The average Bonchev–Trinajstić information content (AvgIpc) is 3.93. The summed E-state index contributed by atoms with van der Waals surface area (Å²) >= 11 is 1.64. The second kappa shape index (κ2) is 16.0. The Morgan fingerprint density at radius 1 is 0.967 bits per heavy atom. The summed E-state index contributed by atoms with van der Waals surface area (Å²) in [6.45, 7) is 8.17. The number of fused-ring (bicyclic) bond motifs is 4. The van der Waals surface area contributed by atoms with Crippen LogP contribution in [0, 0.1) is 32.1 Å². The SMILES string of the molecule is CCc1ccc(NS(=O)(=O)c2ccc(CNC(=O)c3ccc(-c4ccc(C5=N[C@@H](CC(=O)OC)c6nnc(C)n6-c6sc(C)c(C)c65)cc4)cn3)cc2)c2[nH]cc(C#N)c12. The summed E-state index contributed by atoms with van der Waals surface area (Å²) in [5.41, 5.74) is 8.59. The molecule has 0 spiro atoms. The van der Waals surface area contributed by atoms with Gasteiger partial charge in [0, 0.05) is 45.9 Å². The van der Waals surface area contributed by atoms with Crippen molar-refractivity contribution >= 4 is 55.5 Å². The molecule has 3 aromatic carbocycles. The van der Waals surface area contributed by atoms with E-state index in [0.717, 1.165) is 49.0 Å². The molecule has 0 unspecified atom stereocenters. The van der Waals surface area contributed by atoms with Gasteiger partial charge in [0.1, 0.15) is 28.6 Å². The molecule has 1 aliphatic rings. The summed E-state index contributed by atoms with van der Waals surface area (Å²) in [5, 5.41) is 22.8. The number of sulfonamides is 1. The van der Waals surface area contributed by atoms with E-state index in [-0.39, 0.29) is 29.5 Å². The molecule has 302 valence electrons. The molecule has 60 heavy (non-hydrogen) atoms. The summed E-state index contributed by atoms with van der Waals surface area (Å²) in [7, 11) is -2.60. The third-order valence-corrected chi connectivity index (χ3v) is 13.2. The minimum absolute atomic E-state index is 0.0167. The molecule has 8 rings (SSSR count). The molecule has 0 bridgehead atoms. The number of ether oxygens (including phenoxy) is 1. The van der Waals surface area contributed by atoms with Crippen LogP contribution in [0.3, 0.4) is 0 Å². The molecule has 0 saturated carbocycles. The van der Waals surface area contributed by atoms with E-state index >= 15 is 0 Å². The quantitative estimate of drug-likeness (QED) is 0.111. The number of nitriles is 1. The third-order valence-electron chi connectivity index (χ3n) is 10.7. The first-order valence-electron chi connectivity index (χ1n) is 19.1. The number of amides is 1. The van der Waals surface area contributed by atoms with Crippen molar-refractivity contribution in [3.05, 3.63) is 141 Å². The van der Waals surface area contributed by atoms with Gasteiger partial charge in [0.25, 0.3) is 15.9 Å². The zero-order valence-electron chi connectivity index (χ0n) is 33.3. The Bertz CT molecular complexity index is 2990. The highest BCUT2D eigenvalue weighted by molar-refractivity contribution is 7.92. The van der Waals surface area contributed by atoms with Gasteiger partial charge in [-0.15, -0.1) is 21.5 Å². The van der Waals surface area contributed by atoms with E-state index in [9.17, 15) is 23.3 Å². The van der Waals surface area contributed by atoms with E-state index in [1.54, 1.807) is 48.0 Å². The largest absolute Gasteiger partial charge is 0.469 e. The lowest BCUT2D eigenvalue weighted by atomic mass is 9.97. The summed E-state index contributed by atoms with van der Waals surface area (Å²) < 4.78 is 36.3. The van der Waals surface area contributed by atoms with Gasteiger partial charge in [-0.3, -0.25) is 28.9 Å². The van der Waals surface area contributed by atoms with Crippen molar-refractivity contribution in [1.29, 1.82) is 5.26 Å². The second-order valence-corrected chi connectivity index (χ2v) is 17.2. The van der Waals surface area contributed by atoms with Crippen LogP contribution in [-0.4, -0.2) is 57.8 Å². The number of pyridine rings is 1. The van der Waals surface area contributed by atoms with Crippen molar-refractivity contribution < 1.29 is 22.7 Å². The van der Waals surface area contributed by atoms with Crippen LogP contribution in [-0.2, 0) is 32.5 Å². The van der Waals surface area contributed by atoms with Crippen LogP contribution in [0.15, 0.2) is 95.1 Å². The molecule has 5 heterocycles. The van der Waals surface area contributed by atoms with Gasteiger partial charge in [-0.25, -0.2) is 8.42 Å². The number of aliphatic imine (C=N–C) groups is 1. The number of carbonyl (C=O) groups excluding carboxylic acids is 2. The van der Waals surface area contributed by atoms with Crippen LogP contribution in [0.2, 0.25) is 0 Å². The van der Waals surface area contributed by atoms with E-state index in [1.807, 2.05) is 54.8 Å². The Balaban J connectivity index is 0.943. The van der Waals surface area contributed by atoms with Gasteiger partial charge in [-0.05, 0) is 73.7 Å². The van der Waals surface area contributed by atoms with Gasteiger partial charge in [-0.1, -0.05) is 55.5 Å². The third kappa shape index (κ3) is 7.33. The fraction of sp³-hybridized carbons (Fsp3) is 0.205. The molecule has 14 nitrogen and oxygen atoms in total. The predicted molar refractivity (Wildman–Crippen MR) is 229 cm³/mol. The maximum Gasteiger partial charge on any atom is 0.308 e. The monoisotopic (exact) mass is 837 g/mol. The first-order chi connectivity index (χ1) is 28.9. The number of aromatic nitrogens is 5. The van der Waals surface area contributed by atoms with Crippen molar-refractivity contribution in [2.75, 3.05) is 11.8 Å². The number of hydrogen-bond acceptors (Lipinski definition) is 11. The molecule has 7 aromatic rings. The van der Waals surface area contributed by atoms with E-state index in [2.05, 4.69) is 50.1 Å². The normalized spacial score (nSPS) is 13.5. The van der Waals surface area contributed by atoms with Crippen molar-refractivity contribution in [3.63, 3.8) is 0 Å². The van der Waals surface area contributed by atoms with Gasteiger partial charge in [-0.2, -0.15) is 5.26 Å². The zero-order valence-corrected chi connectivity index (χ0v) is 35.0. The summed E-state index contributed by atoms with van der Waals surface area (Å²) in [5.74, 6) is 0.521. The van der Waals surface area contributed by atoms with E-state index < -0.39 is 22.0 Å². The number of aromatic amines is 1. The van der Waals surface area contributed by atoms with Gasteiger partial charge in [0.15, 0.2) is 5.82 Å². The number of nitrogens with zero attached hydrogens (tertiary/aromatic N) is 6. The molecule has 1 atom stereocenters. The number of carbonyl (C=O) groups is 2. The zero-order chi connectivity index (χ0) is 42.3. The molecule has 0 fully saturated rings. The van der Waals surface area contributed by atoms with Gasteiger partial charge < -0.3 is 15.0 Å². The van der Waals surface area contributed by atoms with Crippen molar-refractivity contribution in [2.24, 2.45) is 4.99 Å². The van der Waals surface area contributed by atoms with Crippen LogP contribution in [0.1, 0.15) is 79.8 Å². The first kappa shape index (κ1) is 39.8. The Morgan fingerprint density at radius 2 is 1.70 bits per heavy atom. The molecule has 0 radical (unpaired) electrons. The lowest BCUT2D eigenvalue weighted by molar-refractivity contribution is -0.141. The van der Waals surface area contributed by atoms with E-state index in [4.69, 9.17) is 9.73 Å². The maximum atomic E-state index is 13.3. The van der Waals surface area contributed by atoms with Crippen LogP contribution < -0.4 is 10.0 Å². The molecular formula is C44H39N9O5S2. The molecule has 4 aromatic heterocycles. The van der Waals surface area contributed by atoms with E-state index in [1.165, 1.54) is 19.2 Å². The van der Waals surface area contributed by atoms with Crippen molar-refractivity contribution in [1.82, 2.24) is 30.0 Å². The summed E-state index contributed by atoms with van der Waals surface area (Å²) in [4.78, 5) is 39.4. The smallest absolute Gasteiger partial charge is 0.308 e. The fourth-order valence-electron chi connectivity index (χ4n) is 7.34. The predicted octanol–water partition coefficient (Wildman–Crippen LogP) is 7.42. The highest BCUT2D eigenvalue weighted by Crippen LogP contribution is 2.40. The van der Waals surface area contributed by atoms with Crippen LogP contribution in [0.25, 0.3) is 27.0 Å². The molecule has 3 N–H and O–H groups in total. The summed E-state index contributed by atoms with van der Waals surface area (Å²) in [6.07, 6.45) is 3.92. The average molecular weight is 838 g/mol. The van der Waals surface area contributed by atoms with Gasteiger partial charge in [0.2, 0.25) is 0 Å². The Labute approximate surface area is 350 Å². The first-order valence-corrected chi connectivity index (χ1v) is 21.4. The number of nitrogens with one attached hydrogen (secondary N) is 3. The lowest BCUT2D eigenvalue weighted by Gasteiger charge is -2.12.